The van der Waals surface area contributed by atoms with Crippen molar-refractivity contribution in [3.05, 3.63) is 16.7 Å². The maximum absolute atomic E-state index is 5.67. The molecule has 0 unspecified atom stereocenters. The third-order valence-electron chi connectivity index (χ3n) is 3.11. The van der Waals surface area contributed by atoms with Gasteiger partial charge in [0, 0.05) is 6.54 Å². The monoisotopic (exact) mass is 219 g/mol. The van der Waals surface area contributed by atoms with Crippen molar-refractivity contribution in [1.29, 1.82) is 0 Å². The van der Waals surface area contributed by atoms with Gasteiger partial charge in [0.15, 0.2) is 5.75 Å². The van der Waals surface area contributed by atoms with Crippen LogP contribution in [0.15, 0.2) is 0 Å². The van der Waals surface area contributed by atoms with Crippen molar-refractivity contribution in [2.45, 2.75) is 20.4 Å². The van der Waals surface area contributed by atoms with Gasteiger partial charge < -0.3 is 18.9 Å². The predicted octanol–water partition coefficient (Wildman–Crippen LogP) is 1.51. The van der Waals surface area contributed by atoms with E-state index in [1.54, 1.807) is 0 Å². The number of rotatable bonds is 2. The van der Waals surface area contributed by atoms with Crippen LogP contribution in [-0.2, 0) is 6.54 Å². The standard InChI is InChI=1S/C11H14BNO3/c1-6-7(2)10-11-8(5-13(3)4)9(6)14-12(15-10)16-11/h5H2,1-4H3. The van der Waals surface area contributed by atoms with Gasteiger partial charge in [-0.1, -0.05) is 0 Å². The topological polar surface area (TPSA) is 30.9 Å². The van der Waals surface area contributed by atoms with Gasteiger partial charge in [0.05, 0.1) is 5.56 Å². The summed E-state index contributed by atoms with van der Waals surface area (Å²) in [6, 6.07) is 0. The van der Waals surface area contributed by atoms with E-state index in [1.807, 2.05) is 21.0 Å². The molecule has 0 radical (unpaired) electrons. The van der Waals surface area contributed by atoms with E-state index < -0.39 is 7.32 Å². The minimum atomic E-state index is -0.571. The Labute approximate surface area is 95.3 Å². The first-order valence-corrected chi connectivity index (χ1v) is 5.38. The summed E-state index contributed by atoms with van der Waals surface area (Å²) in [5.41, 5.74) is 3.37. The largest absolute Gasteiger partial charge is 0.864 e. The zero-order chi connectivity index (χ0) is 11.4. The van der Waals surface area contributed by atoms with E-state index in [4.69, 9.17) is 14.0 Å². The molecule has 4 nitrogen and oxygen atoms in total. The summed E-state index contributed by atoms with van der Waals surface area (Å²) in [6.45, 7) is 4.90. The first-order chi connectivity index (χ1) is 7.58. The van der Waals surface area contributed by atoms with Gasteiger partial charge in [-0.3, -0.25) is 0 Å². The van der Waals surface area contributed by atoms with Crippen molar-refractivity contribution in [2.75, 3.05) is 14.1 Å². The van der Waals surface area contributed by atoms with E-state index in [-0.39, 0.29) is 0 Å². The lowest BCUT2D eigenvalue weighted by molar-refractivity contribution is 0.322. The van der Waals surface area contributed by atoms with Crippen LogP contribution in [0.1, 0.15) is 16.7 Å². The predicted molar refractivity (Wildman–Crippen MR) is 60.9 cm³/mol. The van der Waals surface area contributed by atoms with E-state index in [9.17, 15) is 0 Å². The molecule has 84 valence electrons. The third-order valence-corrected chi connectivity index (χ3v) is 3.11. The van der Waals surface area contributed by atoms with Crippen molar-refractivity contribution in [3.63, 3.8) is 0 Å². The number of benzene rings is 1. The highest BCUT2D eigenvalue weighted by Gasteiger charge is 2.47. The van der Waals surface area contributed by atoms with Crippen molar-refractivity contribution < 1.29 is 14.0 Å². The Hall–Kier alpha value is -1.36. The fourth-order valence-corrected chi connectivity index (χ4v) is 2.22. The van der Waals surface area contributed by atoms with Crippen molar-refractivity contribution in [2.24, 2.45) is 0 Å². The Bertz CT molecular complexity index is 469. The lowest BCUT2D eigenvalue weighted by atomic mass is 10.00. The van der Waals surface area contributed by atoms with Crippen LogP contribution in [0.3, 0.4) is 0 Å². The van der Waals surface area contributed by atoms with Crippen molar-refractivity contribution >= 4 is 7.32 Å². The smallest absolute Gasteiger partial charge is 0.489 e. The van der Waals surface area contributed by atoms with Crippen LogP contribution >= 0.6 is 0 Å². The van der Waals surface area contributed by atoms with Gasteiger partial charge >= 0.3 is 7.32 Å². The second-order valence-corrected chi connectivity index (χ2v) is 4.60. The Kier molecular flexibility index (Phi) is 1.89. The lowest BCUT2D eigenvalue weighted by Gasteiger charge is -2.22. The maximum Gasteiger partial charge on any atom is 0.864 e. The van der Waals surface area contributed by atoms with Crippen molar-refractivity contribution in [1.82, 2.24) is 4.90 Å². The molecule has 1 aromatic carbocycles. The molecular weight excluding hydrogens is 205 g/mol. The molecule has 2 heterocycles. The van der Waals surface area contributed by atoms with Gasteiger partial charge in [0.1, 0.15) is 11.5 Å². The fraction of sp³-hybridized carbons (Fsp3) is 0.455. The average Bonchev–Trinajstić information content (AvgIpc) is 2.53. The van der Waals surface area contributed by atoms with Crippen LogP contribution in [0, 0.1) is 13.8 Å². The second-order valence-electron chi connectivity index (χ2n) is 4.60. The first-order valence-electron chi connectivity index (χ1n) is 5.38. The molecule has 0 spiro atoms. The average molecular weight is 219 g/mol. The molecular formula is C11H14BNO3. The number of fused-ring (bicyclic) bond motifs is 2. The fourth-order valence-electron chi connectivity index (χ4n) is 2.22. The zero-order valence-electron chi connectivity index (χ0n) is 9.96. The van der Waals surface area contributed by atoms with Crippen molar-refractivity contribution in [3.8, 4) is 17.2 Å². The zero-order valence-corrected chi connectivity index (χ0v) is 9.96. The lowest BCUT2D eigenvalue weighted by Crippen LogP contribution is -2.34. The van der Waals surface area contributed by atoms with Crippen LogP contribution < -0.4 is 14.0 Å². The molecule has 2 aliphatic rings. The summed E-state index contributed by atoms with van der Waals surface area (Å²) in [7, 11) is 3.49. The SMILES string of the molecule is Cc1c(C)c2c3c(CN(C)C)c1OB(O2)O3. The van der Waals surface area contributed by atoms with E-state index in [2.05, 4.69) is 11.8 Å². The Balaban J connectivity index is 2.21. The number of hydrogen-bond donors (Lipinski definition) is 0. The van der Waals surface area contributed by atoms with Gasteiger partial charge in [0.25, 0.3) is 0 Å². The number of nitrogens with zero attached hydrogens (tertiary/aromatic N) is 1. The molecule has 3 rings (SSSR count). The summed E-state index contributed by atoms with van der Waals surface area (Å²) in [6.07, 6.45) is 0. The molecule has 0 saturated carbocycles. The van der Waals surface area contributed by atoms with E-state index in [0.717, 1.165) is 40.5 Å². The molecule has 0 saturated heterocycles. The highest BCUT2D eigenvalue weighted by molar-refractivity contribution is 6.42. The third kappa shape index (κ3) is 1.15. The van der Waals surface area contributed by atoms with Gasteiger partial charge in [-0.2, -0.15) is 0 Å². The molecule has 0 amide bonds. The van der Waals surface area contributed by atoms with E-state index in [1.165, 1.54) is 0 Å². The molecule has 0 fully saturated rings. The molecule has 5 heteroatoms. The van der Waals surface area contributed by atoms with Crippen LogP contribution in [-0.4, -0.2) is 26.3 Å². The van der Waals surface area contributed by atoms with E-state index >= 15 is 0 Å². The normalized spacial score (nSPS) is 15.2. The van der Waals surface area contributed by atoms with Gasteiger partial charge in [0.2, 0.25) is 0 Å². The van der Waals surface area contributed by atoms with Crippen LogP contribution in [0.5, 0.6) is 17.2 Å². The summed E-state index contributed by atoms with van der Waals surface area (Å²) in [5.74, 6) is 2.64. The Morgan fingerprint density at radius 2 is 1.50 bits per heavy atom. The Morgan fingerprint density at radius 1 is 0.938 bits per heavy atom. The van der Waals surface area contributed by atoms with Gasteiger partial charge in [-0.25, -0.2) is 0 Å². The van der Waals surface area contributed by atoms with E-state index in [0.29, 0.717) is 0 Å². The first kappa shape index (κ1) is 9.84. The molecule has 0 aliphatic carbocycles. The van der Waals surface area contributed by atoms with Crippen LogP contribution in [0.2, 0.25) is 0 Å². The molecule has 1 aromatic rings. The van der Waals surface area contributed by atoms with Gasteiger partial charge in [-0.15, -0.1) is 0 Å². The summed E-state index contributed by atoms with van der Waals surface area (Å²) >= 11 is 0. The molecule has 0 atom stereocenters. The quantitative estimate of drug-likeness (QED) is 0.705. The highest BCUT2D eigenvalue weighted by atomic mass is 16.8. The highest BCUT2D eigenvalue weighted by Crippen LogP contribution is 2.50. The second kappa shape index (κ2) is 3.07. The summed E-state index contributed by atoms with van der Waals surface area (Å²) < 4.78 is 16.8. The number of hydrogen-bond acceptors (Lipinski definition) is 4. The van der Waals surface area contributed by atoms with Gasteiger partial charge in [-0.05, 0) is 39.1 Å². The minimum absolute atomic E-state index is 0.571. The summed E-state index contributed by atoms with van der Waals surface area (Å²) in [4.78, 5) is 2.10. The summed E-state index contributed by atoms with van der Waals surface area (Å²) in [5, 5.41) is 0. The molecule has 0 aromatic heterocycles. The molecule has 0 N–H and O–H groups in total. The molecule has 16 heavy (non-hydrogen) atoms. The van der Waals surface area contributed by atoms with Crippen LogP contribution in [0.25, 0.3) is 0 Å². The maximum atomic E-state index is 5.67. The molecule has 3 bridgehead atoms. The van der Waals surface area contributed by atoms with Crippen LogP contribution in [0.4, 0.5) is 0 Å². The molecule has 2 aliphatic heterocycles. The minimum Gasteiger partial charge on any atom is -0.489 e. The Morgan fingerprint density at radius 3 is 2.19 bits per heavy atom.